The number of fused-ring (bicyclic) bond motifs is 2. The Hall–Kier alpha value is -3.09. The fourth-order valence-electron chi connectivity index (χ4n) is 5.04. The molecule has 6 heteroatoms. The molecule has 0 unspecified atom stereocenters. The van der Waals surface area contributed by atoms with Crippen molar-refractivity contribution in [1.29, 1.82) is 0 Å². The third-order valence-electron chi connectivity index (χ3n) is 6.91. The zero-order chi connectivity index (χ0) is 22.9. The number of benzene rings is 2. The number of piperidine rings is 1. The Labute approximate surface area is 204 Å². The summed E-state index contributed by atoms with van der Waals surface area (Å²) in [5, 5.41) is 5.54. The van der Waals surface area contributed by atoms with Crippen LogP contribution in [0.1, 0.15) is 24.8 Å². The van der Waals surface area contributed by atoms with Crippen molar-refractivity contribution in [3.63, 3.8) is 0 Å². The molecule has 0 atom stereocenters. The molecule has 5 aromatic rings. The van der Waals surface area contributed by atoms with Crippen molar-refractivity contribution in [2.45, 2.75) is 38.3 Å². The predicted molar refractivity (Wildman–Crippen MR) is 141 cm³/mol. The first-order valence-corrected chi connectivity index (χ1v) is 13.1. The highest BCUT2D eigenvalue weighted by molar-refractivity contribution is 7.17. The van der Waals surface area contributed by atoms with E-state index in [1.54, 1.807) is 11.3 Å². The number of nitrogens with zero attached hydrogens (tertiary/aromatic N) is 3. The molecule has 4 heterocycles. The van der Waals surface area contributed by atoms with E-state index in [0.717, 1.165) is 62.4 Å². The first-order chi connectivity index (χ1) is 16.8. The zero-order valence-electron chi connectivity index (χ0n) is 19.5. The van der Waals surface area contributed by atoms with Crippen LogP contribution in [0.3, 0.4) is 0 Å². The van der Waals surface area contributed by atoms with E-state index < -0.39 is 0 Å². The summed E-state index contributed by atoms with van der Waals surface area (Å²) in [4.78, 5) is 5.04. The highest BCUT2D eigenvalue weighted by Gasteiger charge is 2.17. The maximum absolute atomic E-state index is 6.16. The van der Waals surface area contributed by atoms with E-state index in [1.165, 1.54) is 27.0 Å². The average Bonchev–Trinajstić information content (AvgIpc) is 3.56. The number of aryl methyl sites for hydroxylation is 3. The maximum atomic E-state index is 6.16. The Balaban J connectivity index is 1.19. The summed E-state index contributed by atoms with van der Waals surface area (Å²) in [6, 6.07) is 21.6. The second-order valence-corrected chi connectivity index (χ2v) is 10.1. The molecular formula is C28H30N4OS. The Morgan fingerprint density at radius 1 is 1.03 bits per heavy atom. The third kappa shape index (κ3) is 4.12. The van der Waals surface area contributed by atoms with Gasteiger partial charge >= 0.3 is 0 Å². The SMILES string of the molecule is Cn1c(-c2nc3ccccc3n2CCCc2ccc(OC3CCNCC3)cc2)cc2sccc21. The van der Waals surface area contributed by atoms with Gasteiger partial charge in [0.15, 0.2) is 5.82 Å². The molecule has 6 rings (SSSR count). The summed E-state index contributed by atoms with van der Waals surface area (Å²) in [5.41, 5.74) is 6.06. The van der Waals surface area contributed by atoms with Gasteiger partial charge in [0.2, 0.25) is 0 Å². The van der Waals surface area contributed by atoms with Gasteiger partial charge in [0.1, 0.15) is 11.9 Å². The van der Waals surface area contributed by atoms with Crippen LogP contribution < -0.4 is 10.1 Å². The van der Waals surface area contributed by atoms with Crippen LogP contribution in [0, 0.1) is 0 Å². The molecule has 0 bridgehead atoms. The maximum Gasteiger partial charge on any atom is 0.157 e. The second kappa shape index (κ2) is 9.28. The number of rotatable bonds is 7. The van der Waals surface area contributed by atoms with Gasteiger partial charge in [0, 0.05) is 13.6 Å². The molecule has 0 radical (unpaired) electrons. The summed E-state index contributed by atoms with van der Waals surface area (Å²) in [7, 11) is 2.14. The molecular weight excluding hydrogens is 440 g/mol. The molecule has 1 aliphatic heterocycles. The lowest BCUT2D eigenvalue weighted by Gasteiger charge is -2.23. The second-order valence-electron chi connectivity index (χ2n) is 9.15. The van der Waals surface area contributed by atoms with Crippen molar-refractivity contribution in [2.75, 3.05) is 13.1 Å². The molecule has 34 heavy (non-hydrogen) atoms. The topological polar surface area (TPSA) is 44.0 Å². The van der Waals surface area contributed by atoms with Gasteiger partial charge in [-0.15, -0.1) is 11.3 Å². The van der Waals surface area contributed by atoms with Crippen molar-refractivity contribution in [2.24, 2.45) is 7.05 Å². The lowest BCUT2D eigenvalue weighted by atomic mass is 10.1. The minimum atomic E-state index is 0.341. The van der Waals surface area contributed by atoms with Crippen LogP contribution in [0.5, 0.6) is 5.75 Å². The molecule has 174 valence electrons. The predicted octanol–water partition coefficient (Wildman–Crippen LogP) is 6.02. The Kier molecular flexibility index (Phi) is 5.85. The fraction of sp³-hybridized carbons (Fsp3) is 0.321. The largest absolute Gasteiger partial charge is 0.490 e. The van der Waals surface area contributed by atoms with Crippen molar-refractivity contribution in [1.82, 2.24) is 19.4 Å². The van der Waals surface area contributed by atoms with Gasteiger partial charge in [-0.1, -0.05) is 24.3 Å². The summed E-state index contributed by atoms with van der Waals surface area (Å²) < 4.78 is 12.1. The minimum absolute atomic E-state index is 0.341. The van der Waals surface area contributed by atoms with Gasteiger partial charge in [-0.2, -0.15) is 0 Å². The van der Waals surface area contributed by atoms with Gasteiger partial charge in [0.25, 0.3) is 0 Å². The normalized spacial score (nSPS) is 14.9. The first-order valence-electron chi connectivity index (χ1n) is 12.2. The van der Waals surface area contributed by atoms with Crippen LogP contribution in [-0.2, 0) is 20.0 Å². The van der Waals surface area contributed by atoms with E-state index >= 15 is 0 Å². The Morgan fingerprint density at radius 3 is 2.68 bits per heavy atom. The number of hydrogen-bond donors (Lipinski definition) is 1. The molecule has 3 aromatic heterocycles. The van der Waals surface area contributed by atoms with Crippen LogP contribution in [0.15, 0.2) is 66.0 Å². The average molecular weight is 471 g/mol. The van der Waals surface area contributed by atoms with Gasteiger partial charge < -0.3 is 19.2 Å². The van der Waals surface area contributed by atoms with Crippen LogP contribution in [0.4, 0.5) is 0 Å². The molecule has 1 N–H and O–H groups in total. The van der Waals surface area contributed by atoms with Crippen LogP contribution in [-0.4, -0.2) is 33.3 Å². The van der Waals surface area contributed by atoms with Crippen molar-refractivity contribution in [3.8, 4) is 17.3 Å². The number of imidazole rings is 1. The number of ether oxygens (including phenoxy) is 1. The smallest absolute Gasteiger partial charge is 0.157 e. The molecule has 1 aliphatic rings. The van der Waals surface area contributed by atoms with Crippen molar-refractivity contribution >= 4 is 32.6 Å². The van der Waals surface area contributed by atoms with Crippen LogP contribution >= 0.6 is 11.3 Å². The minimum Gasteiger partial charge on any atom is -0.490 e. The highest BCUT2D eigenvalue weighted by Crippen LogP contribution is 2.32. The van der Waals surface area contributed by atoms with Gasteiger partial charge in [-0.3, -0.25) is 0 Å². The zero-order valence-corrected chi connectivity index (χ0v) is 20.4. The summed E-state index contributed by atoms with van der Waals surface area (Å²) >= 11 is 1.79. The fourth-order valence-corrected chi connectivity index (χ4v) is 5.89. The lowest BCUT2D eigenvalue weighted by molar-refractivity contribution is 0.162. The van der Waals surface area contributed by atoms with Crippen molar-refractivity contribution in [3.05, 3.63) is 71.6 Å². The quantitative estimate of drug-likeness (QED) is 0.316. The molecule has 5 nitrogen and oxygen atoms in total. The molecule has 1 fully saturated rings. The van der Waals surface area contributed by atoms with E-state index in [-0.39, 0.29) is 0 Å². The molecule has 0 spiro atoms. The lowest BCUT2D eigenvalue weighted by Crippen LogP contribution is -2.34. The van der Waals surface area contributed by atoms with E-state index in [4.69, 9.17) is 9.72 Å². The summed E-state index contributed by atoms with van der Waals surface area (Å²) in [5.74, 6) is 2.04. The van der Waals surface area contributed by atoms with Crippen molar-refractivity contribution < 1.29 is 4.74 Å². The summed E-state index contributed by atoms with van der Waals surface area (Å²) in [6.07, 6.45) is 4.60. The van der Waals surface area contributed by atoms with Gasteiger partial charge in [-0.05, 0) is 86.1 Å². The van der Waals surface area contributed by atoms with E-state index in [2.05, 4.69) is 87.5 Å². The molecule has 0 amide bonds. The molecule has 0 aliphatic carbocycles. The number of aromatic nitrogens is 3. The first kappa shape index (κ1) is 21.4. The van der Waals surface area contributed by atoms with Crippen LogP contribution in [0.25, 0.3) is 32.8 Å². The number of hydrogen-bond acceptors (Lipinski definition) is 4. The van der Waals surface area contributed by atoms with Crippen LogP contribution in [0.2, 0.25) is 0 Å². The molecule has 2 aromatic carbocycles. The monoisotopic (exact) mass is 470 g/mol. The number of thiophene rings is 1. The van der Waals surface area contributed by atoms with Gasteiger partial charge in [-0.25, -0.2) is 4.98 Å². The number of nitrogens with one attached hydrogen (secondary N) is 1. The molecule has 1 saturated heterocycles. The molecule has 0 saturated carbocycles. The third-order valence-corrected chi connectivity index (χ3v) is 7.76. The van der Waals surface area contributed by atoms with E-state index in [0.29, 0.717) is 6.10 Å². The van der Waals surface area contributed by atoms with Gasteiger partial charge in [0.05, 0.1) is 26.9 Å². The summed E-state index contributed by atoms with van der Waals surface area (Å²) in [6.45, 7) is 3.03. The Morgan fingerprint density at radius 2 is 1.85 bits per heavy atom. The Bertz CT molecular complexity index is 1410. The van der Waals surface area contributed by atoms with E-state index in [1.807, 2.05) is 0 Å². The standard InChI is InChI=1S/C28H30N4OS/c1-31-25-14-18-34-27(25)19-26(31)28-30-23-6-2-3-7-24(23)32(28)17-4-5-20-8-10-21(11-9-20)33-22-12-15-29-16-13-22/h2-3,6-11,14,18-19,22,29H,4-5,12-13,15-17H2,1H3. The highest BCUT2D eigenvalue weighted by atomic mass is 32.1. The van der Waals surface area contributed by atoms with E-state index in [9.17, 15) is 0 Å². The number of para-hydroxylation sites is 2.